The molecule has 3 aromatic rings. The summed E-state index contributed by atoms with van der Waals surface area (Å²) in [7, 11) is 1.71. The number of aryl methyl sites for hydroxylation is 1. The number of nitrogens with zero attached hydrogens (tertiary/aromatic N) is 1. The molecule has 322 valence electrons. The van der Waals surface area contributed by atoms with Crippen LogP contribution in [0.1, 0.15) is 93.2 Å². The number of nitrogens with two attached hydrogens (primary N) is 2. The van der Waals surface area contributed by atoms with Crippen molar-refractivity contribution >= 4 is 41.1 Å². The maximum Gasteiger partial charge on any atom is 0.328 e. The monoisotopic (exact) mass is 815 g/mol. The van der Waals surface area contributed by atoms with Gasteiger partial charge in [0.25, 0.3) is 0 Å². The molecule has 0 fully saturated rings. The van der Waals surface area contributed by atoms with Crippen LogP contribution in [-0.4, -0.2) is 106 Å². The summed E-state index contributed by atoms with van der Waals surface area (Å²) in [4.78, 5) is 43.5. The minimum atomic E-state index is -1.42. The first-order chi connectivity index (χ1) is 28.5. The first kappa shape index (κ1) is 45.5. The number of rotatable bonds is 25. The number of guanidine groups is 1. The Balaban J connectivity index is 1.48. The summed E-state index contributed by atoms with van der Waals surface area (Å²) < 4.78 is 0. The number of aldehydes is 2. The quantitative estimate of drug-likeness (QED) is 0.0435. The number of carbonyl (C=O) groups is 3. The lowest BCUT2D eigenvalue weighted by Gasteiger charge is -2.42. The number of aliphatic hydroxyl groups excluding tert-OH is 2. The summed E-state index contributed by atoms with van der Waals surface area (Å²) in [5, 5.41) is 53.2. The zero-order valence-corrected chi connectivity index (χ0v) is 34.3. The van der Waals surface area contributed by atoms with Gasteiger partial charge in [-0.3, -0.25) is 0 Å². The van der Waals surface area contributed by atoms with Crippen LogP contribution in [0.25, 0.3) is 10.8 Å². The Morgan fingerprint density at radius 3 is 2.59 bits per heavy atom. The van der Waals surface area contributed by atoms with E-state index in [-0.39, 0.29) is 62.4 Å². The maximum atomic E-state index is 12.7. The minimum Gasteiger partial charge on any atom is -0.478 e. The number of hydrogen-bond donors (Lipinski definition) is 10. The van der Waals surface area contributed by atoms with Crippen molar-refractivity contribution in [3.63, 3.8) is 0 Å². The number of aromatic nitrogens is 1. The summed E-state index contributed by atoms with van der Waals surface area (Å²) in [6.07, 6.45) is 13.0. The molecule has 2 aliphatic rings. The number of carbonyl (C=O) groups excluding carboxylic acids is 2. The van der Waals surface area contributed by atoms with Gasteiger partial charge in [0, 0.05) is 56.8 Å². The number of carboxylic acids is 1. The number of carboxylic acid groups (broad SMARTS) is 1. The lowest BCUT2D eigenvalue weighted by molar-refractivity contribution is -0.131. The van der Waals surface area contributed by atoms with Crippen LogP contribution in [0.2, 0.25) is 0 Å². The van der Waals surface area contributed by atoms with Gasteiger partial charge in [0.2, 0.25) is 0 Å². The number of aliphatic carboxylic acids is 1. The second-order valence-corrected chi connectivity index (χ2v) is 16.6. The Hall–Kier alpha value is -4.60. The molecule has 0 unspecified atom stereocenters. The zero-order valence-electron chi connectivity index (χ0n) is 34.3. The SMILES string of the molecule is CNC[C@@](O)(CCO)[C@H]1C[C@@H](/C(=C\C(=O)O)[C@H](C[C@H]2CCc3cc4ccc(CC=O)cc4cc3[C@@H]2CCC[C@H](N)CC[C@H](C=O)CCCO)Nc2ccc[nH]2)NC(N)=N1. The second kappa shape index (κ2) is 22.1. The molecule has 0 radical (unpaired) electrons. The molecule has 0 amide bonds. The Morgan fingerprint density at radius 1 is 1.07 bits per heavy atom. The van der Waals surface area contributed by atoms with E-state index in [1.807, 2.05) is 24.4 Å². The van der Waals surface area contributed by atoms with E-state index in [1.54, 1.807) is 7.05 Å². The predicted molar refractivity (Wildman–Crippen MR) is 231 cm³/mol. The van der Waals surface area contributed by atoms with Gasteiger partial charge in [-0.15, -0.1) is 0 Å². The number of anilines is 1. The third kappa shape index (κ3) is 12.5. The van der Waals surface area contributed by atoms with Crippen molar-refractivity contribution in [1.29, 1.82) is 0 Å². The van der Waals surface area contributed by atoms with E-state index >= 15 is 0 Å². The molecule has 5 rings (SSSR count). The second-order valence-electron chi connectivity index (χ2n) is 16.6. The summed E-state index contributed by atoms with van der Waals surface area (Å²) in [5.41, 5.74) is 15.7. The van der Waals surface area contributed by atoms with Gasteiger partial charge in [-0.2, -0.15) is 0 Å². The lowest BCUT2D eigenvalue weighted by Crippen LogP contribution is -2.58. The van der Waals surface area contributed by atoms with Crippen LogP contribution >= 0.6 is 0 Å². The maximum absolute atomic E-state index is 12.7. The van der Waals surface area contributed by atoms with E-state index in [9.17, 15) is 34.8 Å². The van der Waals surface area contributed by atoms with Gasteiger partial charge < -0.3 is 62.4 Å². The Labute approximate surface area is 347 Å². The van der Waals surface area contributed by atoms with Crippen molar-refractivity contribution in [2.75, 3.05) is 32.1 Å². The fourth-order valence-corrected chi connectivity index (χ4v) is 9.40. The highest BCUT2D eigenvalue weighted by molar-refractivity contribution is 5.86. The first-order valence-electron chi connectivity index (χ1n) is 21.2. The molecule has 14 nitrogen and oxygen atoms in total. The molecule has 0 saturated heterocycles. The number of likely N-dealkylation sites (N-methyl/N-ethyl adjacent to an activating group) is 1. The third-order valence-corrected chi connectivity index (χ3v) is 12.4. The van der Waals surface area contributed by atoms with Gasteiger partial charge in [0.05, 0.1) is 18.1 Å². The van der Waals surface area contributed by atoms with Crippen molar-refractivity contribution in [3.8, 4) is 0 Å². The van der Waals surface area contributed by atoms with E-state index in [4.69, 9.17) is 11.5 Å². The van der Waals surface area contributed by atoms with Crippen molar-refractivity contribution in [2.45, 2.75) is 119 Å². The smallest absolute Gasteiger partial charge is 0.328 e. The summed E-state index contributed by atoms with van der Waals surface area (Å²) in [6.45, 7) is -0.0405. The summed E-state index contributed by atoms with van der Waals surface area (Å²) >= 11 is 0. The minimum absolute atomic E-state index is 0.0592. The van der Waals surface area contributed by atoms with E-state index in [1.165, 1.54) is 17.2 Å². The van der Waals surface area contributed by atoms with Gasteiger partial charge in [0.15, 0.2) is 5.96 Å². The van der Waals surface area contributed by atoms with Crippen LogP contribution in [0.3, 0.4) is 0 Å². The van der Waals surface area contributed by atoms with Gasteiger partial charge >= 0.3 is 5.97 Å². The van der Waals surface area contributed by atoms with Crippen molar-refractivity contribution in [2.24, 2.45) is 28.3 Å². The van der Waals surface area contributed by atoms with E-state index in [0.29, 0.717) is 37.7 Å². The summed E-state index contributed by atoms with van der Waals surface area (Å²) in [5.74, 6) is -0.169. The fourth-order valence-electron chi connectivity index (χ4n) is 9.40. The molecule has 0 spiro atoms. The Bertz CT molecular complexity index is 1880. The van der Waals surface area contributed by atoms with Crippen LogP contribution in [0.15, 0.2) is 65.3 Å². The highest BCUT2D eigenvalue weighted by atomic mass is 16.4. The standard InChI is InChI=1S/C45H65N7O7/c1-48-28-45(59,16-20-55)41-26-40(51-44(47)52-41)38(25-43(57)58)39(50-42-8-3-17-49-42)24-33-13-12-32-22-31-11-9-29(15-19-54)21-34(31)23-37(32)36(33)7-2-6-35(46)14-10-30(27-56)5-4-18-53/h3,8-9,11,17,19,21-23,25,27,30,33,35-36,39-41,48-50,53,55,59H,2,4-7,10,12-16,18,20,24,26,28,46H2,1H3,(H,57,58)(H3,47,51,52)/b38-25-/t30-,33-,35+,36-,39+,40+,41-,45+/m1/s1. The van der Waals surface area contributed by atoms with Crippen LogP contribution < -0.4 is 27.4 Å². The molecule has 0 bridgehead atoms. The number of aliphatic hydroxyl groups is 3. The van der Waals surface area contributed by atoms with Crippen LogP contribution in [0.5, 0.6) is 0 Å². The number of nitrogens with one attached hydrogen (secondary N) is 4. The molecule has 2 aromatic carbocycles. The number of H-pyrrole nitrogens is 1. The zero-order chi connectivity index (χ0) is 42.4. The fraction of sp³-hybridized carbons (Fsp3) is 0.556. The average molecular weight is 816 g/mol. The number of fused-ring (bicyclic) bond motifs is 2. The van der Waals surface area contributed by atoms with Crippen molar-refractivity contribution < 1.29 is 34.8 Å². The number of benzene rings is 2. The van der Waals surface area contributed by atoms with Gasteiger partial charge in [-0.25, -0.2) is 9.79 Å². The number of aromatic amines is 1. The predicted octanol–water partition coefficient (Wildman–Crippen LogP) is 3.68. The molecule has 1 aliphatic carbocycles. The van der Waals surface area contributed by atoms with Gasteiger partial charge in [0.1, 0.15) is 24.0 Å². The van der Waals surface area contributed by atoms with Crippen LogP contribution in [0, 0.1) is 11.8 Å². The van der Waals surface area contributed by atoms with E-state index < -0.39 is 29.7 Å². The number of aliphatic imine (C=N–C) groups is 1. The molecular weight excluding hydrogens is 751 g/mol. The third-order valence-electron chi connectivity index (χ3n) is 12.4. The molecule has 14 heteroatoms. The highest BCUT2D eigenvalue weighted by Gasteiger charge is 2.42. The molecule has 2 heterocycles. The Kier molecular flexibility index (Phi) is 17.1. The molecule has 1 aromatic heterocycles. The topological polar surface area (TPSA) is 248 Å². The molecule has 59 heavy (non-hydrogen) atoms. The van der Waals surface area contributed by atoms with Gasteiger partial charge in [-0.05, 0) is 128 Å². The molecular formula is C45H65N7O7. The molecule has 1 aliphatic heterocycles. The highest BCUT2D eigenvalue weighted by Crippen LogP contribution is 2.45. The van der Waals surface area contributed by atoms with Crippen molar-refractivity contribution in [3.05, 3.63) is 77.0 Å². The largest absolute Gasteiger partial charge is 0.478 e. The molecule has 8 atom stereocenters. The van der Waals surface area contributed by atoms with Crippen LogP contribution in [0.4, 0.5) is 5.82 Å². The first-order valence-corrected chi connectivity index (χ1v) is 21.2. The lowest BCUT2D eigenvalue weighted by atomic mass is 9.69. The number of hydrogen-bond acceptors (Lipinski definition) is 12. The summed E-state index contributed by atoms with van der Waals surface area (Å²) in [6, 6.07) is 12.6. The molecule has 12 N–H and O–H groups in total. The Morgan fingerprint density at radius 2 is 1.90 bits per heavy atom. The van der Waals surface area contributed by atoms with E-state index in [2.05, 4.69) is 50.2 Å². The molecule has 0 saturated carbocycles. The van der Waals surface area contributed by atoms with Crippen LogP contribution in [-0.2, 0) is 27.2 Å². The van der Waals surface area contributed by atoms with E-state index in [0.717, 1.165) is 73.3 Å². The average Bonchev–Trinajstić information content (AvgIpc) is 3.73. The van der Waals surface area contributed by atoms with Gasteiger partial charge in [-0.1, -0.05) is 36.8 Å². The van der Waals surface area contributed by atoms with Crippen molar-refractivity contribution in [1.82, 2.24) is 15.6 Å². The normalized spacial score (nSPS) is 22.0.